The van der Waals surface area contributed by atoms with Gasteiger partial charge in [0, 0.05) is 23.7 Å². The number of nitrogens with one attached hydrogen (secondary N) is 1. The van der Waals surface area contributed by atoms with E-state index < -0.39 is 0 Å². The molecular formula is C14H21NO3. The van der Waals surface area contributed by atoms with Gasteiger partial charge in [-0.05, 0) is 25.0 Å². The number of fused-ring (bicyclic) bond motifs is 1. The van der Waals surface area contributed by atoms with E-state index in [1.54, 1.807) is 0 Å². The van der Waals surface area contributed by atoms with Crippen LogP contribution in [0.5, 0.6) is 11.5 Å². The molecule has 0 unspecified atom stereocenters. The first-order valence-corrected chi connectivity index (χ1v) is 6.47. The lowest BCUT2D eigenvalue weighted by Crippen LogP contribution is -2.32. The van der Waals surface area contributed by atoms with Gasteiger partial charge in [0.15, 0.2) is 11.5 Å². The minimum Gasteiger partial charge on any atom is -0.454 e. The molecular weight excluding hydrogens is 230 g/mol. The zero-order valence-electron chi connectivity index (χ0n) is 11.0. The molecule has 0 bridgehead atoms. The second-order valence-electron chi connectivity index (χ2n) is 4.79. The Hall–Kier alpha value is -1.42. The SMILES string of the molecule is CCC(CC)(CO)CNc1ccc2c(c1)OCO2. The summed E-state index contributed by atoms with van der Waals surface area (Å²) < 4.78 is 10.6. The molecule has 0 fully saturated rings. The highest BCUT2D eigenvalue weighted by Crippen LogP contribution is 2.35. The Morgan fingerprint density at radius 2 is 1.94 bits per heavy atom. The van der Waals surface area contributed by atoms with Crippen LogP contribution in [0.25, 0.3) is 0 Å². The molecule has 4 nitrogen and oxygen atoms in total. The Morgan fingerprint density at radius 1 is 1.22 bits per heavy atom. The molecule has 0 aliphatic carbocycles. The summed E-state index contributed by atoms with van der Waals surface area (Å²) in [6, 6.07) is 5.82. The van der Waals surface area contributed by atoms with Crippen molar-refractivity contribution in [3.8, 4) is 11.5 Å². The van der Waals surface area contributed by atoms with Gasteiger partial charge in [-0.2, -0.15) is 0 Å². The van der Waals surface area contributed by atoms with Gasteiger partial charge in [-0.3, -0.25) is 0 Å². The first kappa shape index (κ1) is 13.0. The van der Waals surface area contributed by atoms with Crippen LogP contribution in [-0.2, 0) is 0 Å². The molecule has 1 aromatic carbocycles. The summed E-state index contributed by atoms with van der Waals surface area (Å²) in [4.78, 5) is 0. The second kappa shape index (κ2) is 5.48. The van der Waals surface area contributed by atoms with Crippen LogP contribution in [0.4, 0.5) is 5.69 Å². The summed E-state index contributed by atoms with van der Waals surface area (Å²) in [6.45, 7) is 5.49. The maximum atomic E-state index is 9.52. The van der Waals surface area contributed by atoms with Gasteiger partial charge in [0.05, 0.1) is 6.61 Å². The number of benzene rings is 1. The lowest BCUT2D eigenvalue weighted by atomic mass is 9.83. The Bertz CT molecular complexity index is 394. The third kappa shape index (κ3) is 2.53. The number of aliphatic hydroxyl groups excluding tert-OH is 1. The van der Waals surface area contributed by atoms with Crippen molar-refractivity contribution in [1.82, 2.24) is 0 Å². The van der Waals surface area contributed by atoms with Crippen molar-refractivity contribution < 1.29 is 14.6 Å². The van der Waals surface area contributed by atoms with E-state index in [-0.39, 0.29) is 12.0 Å². The molecule has 0 saturated heterocycles. The summed E-state index contributed by atoms with van der Waals surface area (Å²) >= 11 is 0. The standard InChI is InChI=1S/C14H21NO3/c1-3-14(4-2,9-16)8-15-11-5-6-12-13(7-11)18-10-17-12/h5-7,15-16H,3-4,8-10H2,1-2H3. The molecule has 0 spiro atoms. The van der Waals surface area contributed by atoms with Crippen molar-refractivity contribution in [3.05, 3.63) is 18.2 Å². The smallest absolute Gasteiger partial charge is 0.231 e. The Labute approximate surface area is 108 Å². The molecule has 0 saturated carbocycles. The molecule has 1 aromatic rings. The number of rotatable bonds is 6. The van der Waals surface area contributed by atoms with Gasteiger partial charge < -0.3 is 19.9 Å². The van der Waals surface area contributed by atoms with Gasteiger partial charge in [-0.25, -0.2) is 0 Å². The van der Waals surface area contributed by atoms with Gasteiger partial charge in [-0.15, -0.1) is 0 Å². The highest BCUT2D eigenvalue weighted by atomic mass is 16.7. The van der Waals surface area contributed by atoms with E-state index in [2.05, 4.69) is 19.2 Å². The van der Waals surface area contributed by atoms with E-state index in [9.17, 15) is 5.11 Å². The first-order valence-electron chi connectivity index (χ1n) is 6.47. The third-order valence-electron chi connectivity index (χ3n) is 3.88. The minimum absolute atomic E-state index is 0.0453. The normalized spacial score (nSPS) is 13.7. The zero-order chi connectivity index (χ0) is 13.0. The van der Waals surface area contributed by atoms with Gasteiger partial charge in [0.2, 0.25) is 6.79 Å². The third-order valence-corrected chi connectivity index (χ3v) is 3.88. The molecule has 2 N–H and O–H groups in total. The molecule has 2 rings (SSSR count). The monoisotopic (exact) mass is 251 g/mol. The van der Waals surface area contributed by atoms with Crippen LogP contribution in [0, 0.1) is 5.41 Å². The van der Waals surface area contributed by atoms with Gasteiger partial charge in [-0.1, -0.05) is 13.8 Å². The topological polar surface area (TPSA) is 50.7 Å². The summed E-state index contributed by atoms with van der Waals surface area (Å²) in [6.07, 6.45) is 1.91. The van der Waals surface area contributed by atoms with Crippen LogP contribution in [0.15, 0.2) is 18.2 Å². The molecule has 1 aliphatic heterocycles. The van der Waals surface area contributed by atoms with Crippen LogP contribution in [-0.4, -0.2) is 25.1 Å². The molecule has 0 amide bonds. The van der Waals surface area contributed by atoms with Crippen LogP contribution in [0.2, 0.25) is 0 Å². The van der Waals surface area contributed by atoms with E-state index in [0.29, 0.717) is 6.79 Å². The lowest BCUT2D eigenvalue weighted by molar-refractivity contribution is 0.127. The second-order valence-corrected chi connectivity index (χ2v) is 4.79. The van der Waals surface area contributed by atoms with Crippen molar-refractivity contribution in [2.24, 2.45) is 5.41 Å². The number of anilines is 1. The number of aliphatic hydroxyl groups is 1. The van der Waals surface area contributed by atoms with E-state index >= 15 is 0 Å². The van der Waals surface area contributed by atoms with E-state index in [0.717, 1.165) is 36.6 Å². The van der Waals surface area contributed by atoms with Crippen molar-refractivity contribution >= 4 is 5.69 Å². The maximum absolute atomic E-state index is 9.52. The van der Waals surface area contributed by atoms with Crippen molar-refractivity contribution in [2.45, 2.75) is 26.7 Å². The highest BCUT2D eigenvalue weighted by Gasteiger charge is 2.25. The average Bonchev–Trinajstić information content (AvgIpc) is 2.88. The van der Waals surface area contributed by atoms with Crippen molar-refractivity contribution in [2.75, 3.05) is 25.3 Å². The minimum atomic E-state index is -0.0453. The van der Waals surface area contributed by atoms with E-state index in [1.165, 1.54) is 0 Å². The predicted octanol–water partition coefficient (Wildman–Crippen LogP) is 2.63. The summed E-state index contributed by atoms with van der Waals surface area (Å²) in [7, 11) is 0. The van der Waals surface area contributed by atoms with Crippen LogP contribution < -0.4 is 14.8 Å². The zero-order valence-corrected chi connectivity index (χ0v) is 11.0. The number of ether oxygens (including phenoxy) is 2. The molecule has 18 heavy (non-hydrogen) atoms. The predicted molar refractivity (Wildman–Crippen MR) is 71.2 cm³/mol. The Kier molecular flexibility index (Phi) is 3.97. The van der Waals surface area contributed by atoms with Crippen LogP contribution >= 0.6 is 0 Å². The Morgan fingerprint density at radius 3 is 2.61 bits per heavy atom. The Balaban J connectivity index is 2.01. The molecule has 0 aromatic heterocycles. The van der Waals surface area contributed by atoms with Gasteiger partial charge in [0.1, 0.15) is 0 Å². The first-order chi connectivity index (χ1) is 8.73. The largest absolute Gasteiger partial charge is 0.454 e. The molecule has 100 valence electrons. The summed E-state index contributed by atoms with van der Waals surface area (Å²) in [5.41, 5.74) is 0.954. The molecule has 0 radical (unpaired) electrons. The quantitative estimate of drug-likeness (QED) is 0.816. The summed E-state index contributed by atoms with van der Waals surface area (Å²) in [5.74, 6) is 1.57. The van der Waals surface area contributed by atoms with Crippen molar-refractivity contribution in [3.63, 3.8) is 0 Å². The fraction of sp³-hybridized carbons (Fsp3) is 0.571. The number of hydrogen-bond acceptors (Lipinski definition) is 4. The van der Waals surface area contributed by atoms with Crippen molar-refractivity contribution in [1.29, 1.82) is 0 Å². The van der Waals surface area contributed by atoms with Gasteiger partial charge in [0.25, 0.3) is 0 Å². The fourth-order valence-electron chi connectivity index (χ4n) is 2.08. The van der Waals surface area contributed by atoms with Gasteiger partial charge >= 0.3 is 0 Å². The molecule has 0 atom stereocenters. The average molecular weight is 251 g/mol. The van der Waals surface area contributed by atoms with E-state index in [1.807, 2.05) is 18.2 Å². The van der Waals surface area contributed by atoms with Crippen LogP contribution in [0.1, 0.15) is 26.7 Å². The van der Waals surface area contributed by atoms with E-state index in [4.69, 9.17) is 9.47 Å². The molecule has 1 aliphatic rings. The number of hydrogen-bond donors (Lipinski definition) is 2. The fourth-order valence-corrected chi connectivity index (χ4v) is 2.08. The van der Waals surface area contributed by atoms with Crippen LogP contribution in [0.3, 0.4) is 0 Å². The molecule has 4 heteroatoms. The summed E-state index contributed by atoms with van der Waals surface area (Å²) in [5, 5.41) is 12.9. The lowest BCUT2D eigenvalue weighted by Gasteiger charge is -2.30. The maximum Gasteiger partial charge on any atom is 0.231 e. The molecule has 1 heterocycles. The highest BCUT2D eigenvalue weighted by molar-refractivity contribution is 5.55.